The molecule has 6 atom stereocenters. The largest absolute Gasteiger partial charge is 0.490 e. The lowest BCUT2D eigenvalue weighted by Crippen LogP contribution is -2.61. The van der Waals surface area contributed by atoms with Gasteiger partial charge in [-0.3, -0.25) is 14.6 Å². The summed E-state index contributed by atoms with van der Waals surface area (Å²) in [5.74, 6) is 0.830. The zero-order valence-electron chi connectivity index (χ0n) is 33.7. The van der Waals surface area contributed by atoms with Crippen molar-refractivity contribution in [3.8, 4) is 5.75 Å². The highest BCUT2D eigenvalue weighted by molar-refractivity contribution is 7.90. The maximum atomic E-state index is 13.7. The summed E-state index contributed by atoms with van der Waals surface area (Å²) in [5, 5.41) is -0.0325. The third kappa shape index (κ3) is 8.02. The summed E-state index contributed by atoms with van der Waals surface area (Å²) in [5.41, 5.74) is 2.90. The van der Waals surface area contributed by atoms with Gasteiger partial charge in [0.05, 0.1) is 43.4 Å². The number of amides is 1. The number of aryl methyl sites for hydroxylation is 1. The molecule has 3 fully saturated rings. The second-order valence-corrected chi connectivity index (χ2v) is 20.7. The normalized spacial score (nSPS) is 33.3. The fourth-order valence-electron chi connectivity index (χ4n) is 10.1. The van der Waals surface area contributed by atoms with Crippen LogP contribution in [0.3, 0.4) is 0 Å². The Bertz CT molecular complexity index is 1900. The second kappa shape index (κ2) is 16.2. The van der Waals surface area contributed by atoms with Gasteiger partial charge in [-0.05, 0) is 111 Å². The molecule has 4 aliphatic heterocycles. The molecule has 4 heterocycles. The number of rotatable bonds is 6. The Labute approximate surface area is 339 Å². The predicted molar refractivity (Wildman–Crippen MR) is 221 cm³/mol. The van der Waals surface area contributed by atoms with Gasteiger partial charge in [-0.25, -0.2) is 13.1 Å². The molecule has 12 heteroatoms. The van der Waals surface area contributed by atoms with Gasteiger partial charge >= 0.3 is 0 Å². The maximum Gasteiger partial charge on any atom is 0.264 e. The van der Waals surface area contributed by atoms with Gasteiger partial charge in [0.1, 0.15) is 11.4 Å². The standard InChI is InChI=1S/C44H61ClN4O6S/c1-30(2)24-55-44(28-47-17-19-48(20-18-47)37-25-53-26-37)16-5-7-31(3)32(4)56(51,52)46-42(50)34-10-14-41-40(22-34)49(23-35-9-12-39(35)44)27-43(29-54-41)15-6-8-33-21-36(45)11-13-38(33)43/h5,10-11,13-14,16,21-22,30-32,35,37,39H,6-9,12,15,17-20,23-29H2,1-4H3,(H,46,50)/b16-5-/t31-,32+,35-,39+,43-,44-/m0/s1. The van der Waals surface area contributed by atoms with Gasteiger partial charge in [-0.1, -0.05) is 50.6 Å². The smallest absolute Gasteiger partial charge is 0.264 e. The molecule has 1 saturated carbocycles. The van der Waals surface area contributed by atoms with E-state index >= 15 is 0 Å². The average Bonchev–Trinajstić information content (AvgIpc) is 3.28. The highest BCUT2D eigenvalue weighted by Crippen LogP contribution is 2.49. The minimum Gasteiger partial charge on any atom is -0.490 e. The van der Waals surface area contributed by atoms with E-state index in [0.29, 0.717) is 43.1 Å². The lowest BCUT2D eigenvalue weighted by Gasteiger charge is -2.53. The van der Waals surface area contributed by atoms with Crippen molar-refractivity contribution in [1.82, 2.24) is 14.5 Å². The van der Waals surface area contributed by atoms with Crippen molar-refractivity contribution in [2.75, 3.05) is 77.1 Å². The number of allylic oxidation sites excluding steroid dienone is 1. The van der Waals surface area contributed by atoms with Crippen LogP contribution in [0, 0.1) is 23.7 Å². The van der Waals surface area contributed by atoms with E-state index in [1.165, 1.54) is 11.1 Å². The Morgan fingerprint density at radius 3 is 2.57 bits per heavy atom. The molecule has 6 aliphatic rings. The van der Waals surface area contributed by atoms with E-state index in [1.54, 1.807) is 13.0 Å². The van der Waals surface area contributed by atoms with Crippen LogP contribution in [0.25, 0.3) is 0 Å². The van der Waals surface area contributed by atoms with E-state index in [2.05, 4.69) is 57.6 Å². The minimum absolute atomic E-state index is 0.224. The lowest BCUT2D eigenvalue weighted by atomic mass is 9.63. The number of halogens is 1. The molecule has 10 nitrogen and oxygen atoms in total. The van der Waals surface area contributed by atoms with Crippen LogP contribution in [0.1, 0.15) is 81.3 Å². The zero-order chi connectivity index (χ0) is 39.2. The summed E-state index contributed by atoms with van der Waals surface area (Å²) in [7, 11) is -3.97. The third-order valence-corrected chi connectivity index (χ3v) is 16.1. The summed E-state index contributed by atoms with van der Waals surface area (Å²) >= 11 is 6.54. The van der Waals surface area contributed by atoms with Crippen molar-refractivity contribution < 1.29 is 27.4 Å². The number of nitrogens with one attached hydrogen (secondary N) is 1. The Balaban J connectivity index is 1.19. The molecular formula is C44H61ClN4O6S. The number of ether oxygens (including phenoxy) is 3. The molecular weight excluding hydrogens is 748 g/mol. The Hall–Kier alpha value is -2.67. The van der Waals surface area contributed by atoms with Gasteiger partial charge in [0.25, 0.3) is 5.91 Å². The van der Waals surface area contributed by atoms with E-state index in [0.717, 1.165) is 108 Å². The quantitative estimate of drug-likeness (QED) is 0.337. The SMILES string of the molecule is CC(C)CO[C@]1(CN2CCN(C3COC3)CC2)/C=C\C[C@H](C)[C@@H](C)S(=O)(=O)NC(=O)c2ccc3c(c2)N(C[C@@H]2CC[C@H]21)C[C@@]1(CCCc2cc(Cl)ccc21)CO3. The van der Waals surface area contributed by atoms with Crippen LogP contribution in [0.4, 0.5) is 5.69 Å². The highest BCUT2D eigenvalue weighted by atomic mass is 35.5. The molecule has 2 aromatic carbocycles. The first-order chi connectivity index (χ1) is 26.8. The molecule has 0 radical (unpaired) electrons. The molecule has 2 aromatic rings. The Kier molecular flexibility index (Phi) is 11.6. The fourth-order valence-corrected chi connectivity index (χ4v) is 11.6. The molecule has 2 bridgehead atoms. The molecule has 306 valence electrons. The van der Waals surface area contributed by atoms with Crippen LogP contribution in [0.5, 0.6) is 5.75 Å². The molecule has 2 saturated heterocycles. The van der Waals surface area contributed by atoms with Crippen LogP contribution in [0.2, 0.25) is 5.02 Å². The second-order valence-electron chi connectivity index (χ2n) is 18.2. The van der Waals surface area contributed by atoms with E-state index in [9.17, 15) is 13.2 Å². The zero-order valence-corrected chi connectivity index (χ0v) is 35.3. The Morgan fingerprint density at radius 2 is 1.86 bits per heavy atom. The Morgan fingerprint density at radius 1 is 1.05 bits per heavy atom. The van der Waals surface area contributed by atoms with Gasteiger partial charge in [0.2, 0.25) is 10.0 Å². The summed E-state index contributed by atoms with van der Waals surface area (Å²) in [4.78, 5) is 21.4. The van der Waals surface area contributed by atoms with E-state index in [1.807, 2.05) is 25.1 Å². The summed E-state index contributed by atoms with van der Waals surface area (Å²) in [6.45, 7) is 17.2. The van der Waals surface area contributed by atoms with Crippen molar-refractivity contribution in [3.63, 3.8) is 0 Å². The van der Waals surface area contributed by atoms with E-state index in [-0.39, 0.29) is 17.3 Å². The molecule has 1 amide bonds. The van der Waals surface area contributed by atoms with Gasteiger partial charge in [-0.2, -0.15) is 0 Å². The molecule has 2 aliphatic carbocycles. The first-order valence-corrected chi connectivity index (χ1v) is 23.0. The number of carbonyl (C=O) groups is 1. The van der Waals surface area contributed by atoms with Crippen molar-refractivity contribution in [2.45, 2.75) is 88.5 Å². The number of nitrogens with zero attached hydrogens (tertiary/aromatic N) is 3. The van der Waals surface area contributed by atoms with Gasteiger partial charge in [0.15, 0.2) is 0 Å². The number of hydrogen-bond acceptors (Lipinski definition) is 9. The van der Waals surface area contributed by atoms with E-state index in [4.69, 9.17) is 25.8 Å². The number of anilines is 1. The van der Waals surface area contributed by atoms with Gasteiger partial charge in [-0.15, -0.1) is 0 Å². The van der Waals surface area contributed by atoms with E-state index < -0.39 is 26.8 Å². The van der Waals surface area contributed by atoms with Crippen LogP contribution in [-0.4, -0.2) is 113 Å². The topological polar surface area (TPSA) is 101 Å². The fraction of sp³-hybridized carbons (Fsp3) is 0.659. The monoisotopic (exact) mass is 808 g/mol. The highest BCUT2D eigenvalue weighted by Gasteiger charge is 2.50. The number of hydrogen-bond donors (Lipinski definition) is 1. The van der Waals surface area contributed by atoms with Crippen LogP contribution < -0.4 is 14.4 Å². The number of piperazine rings is 1. The maximum absolute atomic E-state index is 13.7. The number of sulfonamides is 1. The first kappa shape index (κ1) is 40.1. The molecule has 1 N–H and O–H groups in total. The predicted octanol–water partition coefficient (Wildman–Crippen LogP) is 6.31. The molecule has 56 heavy (non-hydrogen) atoms. The summed E-state index contributed by atoms with van der Waals surface area (Å²) < 4.78 is 49.4. The average molecular weight is 810 g/mol. The van der Waals surface area contributed by atoms with Crippen LogP contribution in [0.15, 0.2) is 48.6 Å². The first-order valence-electron chi connectivity index (χ1n) is 21.1. The molecule has 0 unspecified atom stereocenters. The number of fused-ring (bicyclic) bond motifs is 4. The molecule has 0 aromatic heterocycles. The molecule has 8 rings (SSSR count). The van der Waals surface area contributed by atoms with Gasteiger partial charge in [0, 0.05) is 61.8 Å². The van der Waals surface area contributed by atoms with Crippen LogP contribution in [-0.2, 0) is 31.3 Å². The van der Waals surface area contributed by atoms with Gasteiger partial charge < -0.3 is 19.1 Å². The van der Waals surface area contributed by atoms with Crippen molar-refractivity contribution >= 4 is 33.2 Å². The van der Waals surface area contributed by atoms with Crippen LogP contribution >= 0.6 is 11.6 Å². The molecule has 1 spiro atoms. The van der Waals surface area contributed by atoms with Crippen molar-refractivity contribution in [2.24, 2.45) is 23.7 Å². The van der Waals surface area contributed by atoms with Crippen molar-refractivity contribution in [3.05, 3.63) is 70.3 Å². The lowest BCUT2D eigenvalue weighted by molar-refractivity contribution is -0.127. The minimum atomic E-state index is -3.97. The summed E-state index contributed by atoms with van der Waals surface area (Å²) in [6.07, 6.45) is 10.2. The number of carbonyl (C=O) groups excluding carboxylic acids is 1. The number of benzene rings is 2. The van der Waals surface area contributed by atoms with Crippen molar-refractivity contribution in [1.29, 1.82) is 0 Å². The third-order valence-electron chi connectivity index (χ3n) is 13.9. The summed E-state index contributed by atoms with van der Waals surface area (Å²) in [6, 6.07) is 12.2.